The van der Waals surface area contributed by atoms with Crippen molar-refractivity contribution in [3.8, 4) is 11.3 Å². The molecule has 3 rings (SSSR count). The average Bonchev–Trinajstić information content (AvgIpc) is 2.73. The molecule has 0 amide bonds. The Morgan fingerprint density at radius 1 is 1.06 bits per heavy atom. The quantitative estimate of drug-likeness (QED) is 0.717. The number of benzene rings is 2. The molecule has 0 atom stereocenters. The lowest BCUT2D eigenvalue weighted by molar-refractivity contribution is 0.628. The predicted octanol–water partition coefficient (Wildman–Crippen LogP) is 4.13. The predicted molar refractivity (Wildman–Crippen MR) is 69.2 cm³/mol. The SMILES string of the molecule is Fc1ccc(-c2n[nH]c3ccc(Br)cc23)cc1. The van der Waals surface area contributed by atoms with Gasteiger partial charge in [-0.3, -0.25) is 5.10 Å². The van der Waals surface area contributed by atoms with Crippen LogP contribution in [0.3, 0.4) is 0 Å². The number of hydrogen-bond acceptors (Lipinski definition) is 1. The molecule has 2 nitrogen and oxygen atoms in total. The van der Waals surface area contributed by atoms with Crippen LogP contribution in [0.5, 0.6) is 0 Å². The Morgan fingerprint density at radius 3 is 2.59 bits per heavy atom. The third-order valence-corrected chi connectivity index (χ3v) is 3.14. The molecule has 0 saturated carbocycles. The number of halogens is 2. The Balaban J connectivity index is 2.23. The van der Waals surface area contributed by atoms with E-state index in [2.05, 4.69) is 26.1 Å². The number of aromatic nitrogens is 2. The lowest BCUT2D eigenvalue weighted by Crippen LogP contribution is -1.80. The van der Waals surface area contributed by atoms with Gasteiger partial charge < -0.3 is 0 Å². The van der Waals surface area contributed by atoms with Gasteiger partial charge in [-0.2, -0.15) is 5.10 Å². The zero-order valence-corrected chi connectivity index (χ0v) is 10.3. The first-order valence-corrected chi connectivity index (χ1v) is 5.93. The van der Waals surface area contributed by atoms with E-state index in [4.69, 9.17) is 0 Å². The van der Waals surface area contributed by atoms with Crippen molar-refractivity contribution in [1.29, 1.82) is 0 Å². The van der Waals surface area contributed by atoms with Crippen LogP contribution in [-0.4, -0.2) is 10.2 Å². The molecular formula is C13H8BrFN2. The second-order valence-electron chi connectivity index (χ2n) is 3.77. The van der Waals surface area contributed by atoms with Gasteiger partial charge in [0, 0.05) is 15.4 Å². The smallest absolute Gasteiger partial charge is 0.123 e. The summed E-state index contributed by atoms with van der Waals surface area (Å²) < 4.78 is 13.9. The summed E-state index contributed by atoms with van der Waals surface area (Å²) >= 11 is 3.43. The number of fused-ring (bicyclic) bond motifs is 1. The topological polar surface area (TPSA) is 28.7 Å². The zero-order chi connectivity index (χ0) is 11.8. The third kappa shape index (κ3) is 1.85. The zero-order valence-electron chi connectivity index (χ0n) is 8.74. The fourth-order valence-electron chi connectivity index (χ4n) is 1.81. The molecule has 0 unspecified atom stereocenters. The molecular weight excluding hydrogens is 283 g/mol. The second-order valence-corrected chi connectivity index (χ2v) is 4.68. The summed E-state index contributed by atoms with van der Waals surface area (Å²) in [5.74, 6) is -0.241. The van der Waals surface area contributed by atoms with Gasteiger partial charge in [-0.25, -0.2) is 4.39 Å². The van der Waals surface area contributed by atoms with Crippen LogP contribution < -0.4 is 0 Å². The minimum Gasteiger partial charge on any atom is -0.277 e. The highest BCUT2D eigenvalue weighted by atomic mass is 79.9. The minimum atomic E-state index is -0.241. The van der Waals surface area contributed by atoms with Crippen LogP contribution in [0.25, 0.3) is 22.2 Å². The maximum absolute atomic E-state index is 12.9. The summed E-state index contributed by atoms with van der Waals surface area (Å²) in [7, 11) is 0. The standard InChI is InChI=1S/C13H8BrFN2/c14-9-3-6-12-11(7-9)13(17-16-12)8-1-4-10(15)5-2-8/h1-7H,(H,16,17). The van der Waals surface area contributed by atoms with Crippen molar-refractivity contribution in [2.24, 2.45) is 0 Å². The van der Waals surface area contributed by atoms with Crippen molar-refractivity contribution < 1.29 is 4.39 Å². The molecule has 17 heavy (non-hydrogen) atoms. The Labute approximate surface area is 106 Å². The number of rotatable bonds is 1. The molecule has 0 aliphatic heterocycles. The first-order valence-electron chi connectivity index (χ1n) is 5.13. The number of hydrogen-bond donors (Lipinski definition) is 1. The first-order chi connectivity index (χ1) is 8.24. The highest BCUT2D eigenvalue weighted by Gasteiger charge is 2.08. The summed E-state index contributed by atoms with van der Waals surface area (Å²) in [4.78, 5) is 0. The molecule has 0 fully saturated rings. The summed E-state index contributed by atoms with van der Waals surface area (Å²) in [6.45, 7) is 0. The van der Waals surface area contributed by atoms with E-state index in [0.29, 0.717) is 0 Å². The van der Waals surface area contributed by atoms with E-state index in [9.17, 15) is 4.39 Å². The molecule has 0 aliphatic rings. The Kier molecular flexibility index (Phi) is 2.44. The summed E-state index contributed by atoms with van der Waals surface area (Å²) in [5.41, 5.74) is 2.70. The van der Waals surface area contributed by atoms with Gasteiger partial charge in [0.1, 0.15) is 5.82 Å². The van der Waals surface area contributed by atoms with Gasteiger partial charge in [0.05, 0.1) is 11.2 Å². The fraction of sp³-hybridized carbons (Fsp3) is 0. The summed E-state index contributed by atoms with van der Waals surface area (Å²) in [6.07, 6.45) is 0. The molecule has 0 bridgehead atoms. The van der Waals surface area contributed by atoms with Crippen molar-refractivity contribution in [3.05, 3.63) is 52.8 Å². The molecule has 1 heterocycles. The van der Waals surface area contributed by atoms with Crippen LogP contribution in [0.1, 0.15) is 0 Å². The normalized spacial score (nSPS) is 10.9. The maximum Gasteiger partial charge on any atom is 0.123 e. The van der Waals surface area contributed by atoms with E-state index < -0.39 is 0 Å². The van der Waals surface area contributed by atoms with Gasteiger partial charge in [0.25, 0.3) is 0 Å². The van der Waals surface area contributed by atoms with Crippen LogP contribution in [0, 0.1) is 5.82 Å². The molecule has 0 spiro atoms. The molecule has 0 aliphatic carbocycles. The fourth-order valence-corrected chi connectivity index (χ4v) is 2.18. The van der Waals surface area contributed by atoms with E-state index >= 15 is 0 Å². The van der Waals surface area contributed by atoms with Crippen molar-refractivity contribution in [3.63, 3.8) is 0 Å². The van der Waals surface area contributed by atoms with E-state index in [1.807, 2.05) is 18.2 Å². The van der Waals surface area contributed by atoms with Gasteiger partial charge >= 0.3 is 0 Å². The van der Waals surface area contributed by atoms with E-state index in [-0.39, 0.29) is 5.82 Å². The molecule has 1 aromatic heterocycles. The number of nitrogens with one attached hydrogen (secondary N) is 1. The van der Waals surface area contributed by atoms with E-state index in [1.165, 1.54) is 12.1 Å². The molecule has 3 aromatic rings. The maximum atomic E-state index is 12.9. The Morgan fingerprint density at radius 2 is 1.82 bits per heavy atom. The minimum absolute atomic E-state index is 0.241. The number of nitrogens with zero attached hydrogens (tertiary/aromatic N) is 1. The Bertz CT molecular complexity index is 673. The van der Waals surface area contributed by atoms with Crippen molar-refractivity contribution in [2.75, 3.05) is 0 Å². The highest BCUT2D eigenvalue weighted by Crippen LogP contribution is 2.28. The second kappa shape index (κ2) is 3.96. The lowest BCUT2D eigenvalue weighted by atomic mass is 10.1. The van der Waals surface area contributed by atoms with Crippen molar-refractivity contribution in [2.45, 2.75) is 0 Å². The molecule has 84 valence electrons. The van der Waals surface area contributed by atoms with Gasteiger partial charge in [0.15, 0.2) is 0 Å². The van der Waals surface area contributed by atoms with Crippen LogP contribution in [-0.2, 0) is 0 Å². The van der Waals surface area contributed by atoms with Crippen LogP contribution >= 0.6 is 15.9 Å². The largest absolute Gasteiger partial charge is 0.277 e. The molecule has 0 radical (unpaired) electrons. The molecule has 1 N–H and O–H groups in total. The molecule has 2 aromatic carbocycles. The van der Waals surface area contributed by atoms with Gasteiger partial charge in [-0.05, 0) is 42.5 Å². The molecule has 4 heteroatoms. The van der Waals surface area contributed by atoms with Crippen LogP contribution in [0.2, 0.25) is 0 Å². The third-order valence-electron chi connectivity index (χ3n) is 2.64. The van der Waals surface area contributed by atoms with E-state index in [0.717, 1.165) is 26.6 Å². The summed E-state index contributed by atoms with van der Waals surface area (Å²) in [6, 6.07) is 12.2. The van der Waals surface area contributed by atoms with Gasteiger partial charge in [-0.15, -0.1) is 0 Å². The van der Waals surface area contributed by atoms with E-state index in [1.54, 1.807) is 12.1 Å². The summed E-state index contributed by atoms with van der Waals surface area (Å²) in [5, 5.41) is 8.25. The van der Waals surface area contributed by atoms with Crippen molar-refractivity contribution in [1.82, 2.24) is 10.2 Å². The van der Waals surface area contributed by atoms with Gasteiger partial charge in [0.2, 0.25) is 0 Å². The van der Waals surface area contributed by atoms with Crippen molar-refractivity contribution >= 4 is 26.8 Å². The van der Waals surface area contributed by atoms with Gasteiger partial charge in [-0.1, -0.05) is 15.9 Å². The Hall–Kier alpha value is -1.68. The highest BCUT2D eigenvalue weighted by molar-refractivity contribution is 9.10. The average molecular weight is 291 g/mol. The number of aromatic amines is 1. The first kappa shape index (κ1) is 10.5. The lowest BCUT2D eigenvalue weighted by Gasteiger charge is -1.98. The monoisotopic (exact) mass is 290 g/mol. The van der Waals surface area contributed by atoms with Crippen LogP contribution in [0.15, 0.2) is 46.9 Å². The molecule has 0 saturated heterocycles. The van der Waals surface area contributed by atoms with Crippen LogP contribution in [0.4, 0.5) is 4.39 Å². The number of H-pyrrole nitrogens is 1.